The number of phenolic OH excluding ortho intramolecular Hbond substituents is 1. The van der Waals surface area contributed by atoms with E-state index >= 15 is 0 Å². The molecular formula is C28H21N3O3. The van der Waals surface area contributed by atoms with Gasteiger partial charge in [-0.15, -0.1) is 0 Å². The number of para-hydroxylation sites is 1. The lowest BCUT2D eigenvalue weighted by Gasteiger charge is -2.28. The number of hydrogen-bond acceptors (Lipinski definition) is 6. The molecule has 3 N–H and O–H groups in total. The van der Waals surface area contributed by atoms with Gasteiger partial charge in [-0.25, -0.2) is 0 Å². The van der Waals surface area contributed by atoms with Gasteiger partial charge in [0.05, 0.1) is 18.7 Å². The normalized spacial score (nSPS) is 15.1. The minimum Gasteiger partial charge on any atom is -0.507 e. The molecule has 34 heavy (non-hydrogen) atoms. The number of nitrogens with two attached hydrogens (primary N) is 1. The molecule has 0 saturated carbocycles. The van der Waals surface area contributed by atoms with Gasteiger partial charge in [0.1, 0.15) is 28.9 Å². The number of aliphatic imine (C=N–C) groups is 1. The van der Waals surface area contributed by atoms with Crippen LogP contribution in [0.3, 0.4) is 0 Å². The Balaban J connectivity index is 1.64. The van der Waals surface area contributed by atoms with E-state index in [9.17, 15) is 10.4 Å². The molecule has 4 aromatic carbocycles. The summed E-state index contributed by atoms with van der Waals surface area (Å²) < 4.78 is 11.3. The predicted octanol–water partition coefficient (Wildman–Crippen LogP) is 5.52. The maximum absolute atomic E-state index is 10.7. The molecule has 4 aromatic rings. The topological polar surface area (TPSA) is 101 Å². The highest BCUT2D eigenvalue weighted by atomic mass is 16.5. The van der Waals surface area contributed by atoms with Crippen LogP contribution in [0, 0.1) is 11.3 Å². The molecule has 1 heterocycles. The number of aromatic hydroxyl groups is 1. The molecule has 1 atom stereocenters. The summed E-state index contributed by atoms with van der Waals surface area (Å²) in [4.78, 5) is 4.65. The van der Waals surface area contributed by atoms with Gasteiger partial charge >= 0.3 is 0 Å². The molecule has 0 aliphatic carbocycles. The second kappa shape index (κ2) is 8.64. The standard InChI is InChI=1S/C28H21N3O3/c1-33-25-12-5-4-10-20(25)27-21-13-18(24(32)14-26(21)34-28(30)22(27)15-29)16-31-23-11-6-8-17-7-2-3-9-19(17)23/h2-14,16,27,32H,30H2,1H3. The zero-order valence-electron chi connectivity index (χ0n) is 18.4. The number of methoxy groups -OCH3 is 1. The van der Waals surface area contributed by atoms with Gasteiger partial charge in [0.25, 0.3) is 0 Å². The first-order chi connectivity index (χ1) is 16.6. The molecule has 0 radical (unpaired) electrons. The first-order valence-corrected chi connectivity index (χ1v) is 10.7. The molecule has 1 aliphatic heterocycles. The molecular weight excluding hydrogens is 426 g/mol. The van der Waals surface area contributed by atoms with Gasteiger partial charge < -0.3 is 20.3 Å². The van der Waals surface area contributed by atoms with Gasteiger partial charge in [0, 0.05) is 34.4 Å². The maximum atomic E-state index is 10.7. The largest absolute Gasteiger partial charge is 0.507 e. The van der Waals surface area contributed by atoms with E-state index in [2.05, 4.69) is 11.1 Å². The van der Waals surface area contributed by atoms with Gasteiger partial charge in [-0.1, -0.05) is 54.6 Å². The number of hydrogen-bond donors (Lipinski definition) is 2. The van der Waals surface area contributed by atoms with Crippen molar-refractivity contribution >= 4 is 22.7 Å². The van der Waals surface area contributed by atoms with Crippen LogP contribution in [-0.4, -0.2) is 18.4 Å². The molecule has 166 valence electrons. The summed E-state index contributed by atoms with van der Waals surface area (Å²) in [5.41, 5.74) is 9.11. The quantitative estimate of drug-likeness (QED) is 0.401. The summed E-state index contributed by atoms with van der Waals surface area (Å²) in [6.07, 6.45) is 1.62. The van der Waals surface area contributed by atoms with E-state index in [0.717, 1.165) is 22.0 Å². The number of rotatable bonds is 4. The van der Waals surface area contributed by atoms with Crippen molar-refractivity contribution in [2.75, 3.05) is 7.11 Å². The Morgan fingerprint density at radius 2 is 1.79 bits per heavy atom. The highest BCUT2D eigenvalue weighted by Gasteiger charge is 2.33. The Kier molecular flexibility index (Phi) is 5.36. The van der Waals surface area contributed by atoms with Crippen molar-refractivity contribution in [3.8, 4) is 23.3 Å². The second-order valence-electron chi connectivity index (χ2n) is 7.87. The molecule has 0 fully saturated rings. The molecule has 0 spiro atoms. The number of phenols is 1. The number of ether oxygens (including phenoxy) is 2. The number of fused-ring (bicyclic) bond motifs is 2. The third-order valence-corrected chi connectivity index (χ3v) is 5.92. The van der Waals surface area contributed by atoms with Crippen LogP contribution in [0.1, 0.15) is 22.6 Å². The van der Waals surface area contributed by atoms with Crippen LogP contribution in [0.15, 0.2) is 95.3 Å². The van der Waals surface area contributed by atoms with Crippen molar-refractivity contribution in [3.05, 3.63) is 107 Å². The minimum atomic E-state index is -0.518. The molecule has 0 amide bonds. The van der Waals surface area contributed by atoms with Crippen LogP contribution in [0.25, 0.3) is 10.8 Å². The van der Waals surface area contributed by atoms with Crippen molar-refractivity contribution in [1.29, 1.82) is 5.26 Å². The summed E-state index contributed by atoms with van der Waals surface area (Å²) in [6.45, 7) is 0. The van der Waals surface area contributed by atoms with Crippen molar-refractivity contribution in [2.24, 2.45) is 10.7 Å². The average molecular weight is 447 g/mol. The van der Waals surface area contributed by atoms with Gasteiger partial charge in [-0.2, -0.15) is 5.26 Å². The second-order valence-corrected chi connectivity index (χ2v) is 7.87. The summed E-state index contributed by atoms with van der Waals surface area (Å²) in [6, 6.07) is 26.8. The van der Waals surface area contributed by atoms with Crippen LogP contribution < -0.4 is 15.2 Å². The van der Waals surface area contributed by atoms with Crippen molar-refractivity contribution in [2.45, 2.75) is 5.92 Å². The van der Waals surface area contributed by atoms with E-state index < -0.39 is 5.92 Å². The Hall–Kier alpha value is -4.76. The highest BCUT2D eigenvalue weighted by Crippen LogP contribution is 2.46. The van der Waals surface area contributed by atoms with E-state index in [1.807, 2.05) is 66.7 Å². The lowest BCUT2D eigenvalue weighted by molar-refractivity contribution is 0.382. The number of nitriles is 1. The van der Waals surface area contributed by atoms with Crippen LogP contribution in [0.4, 0.5) is 5.69 Å². The smallest absolute Gasteiger partial charge is 0.205 e. The van der Waals surface area contributed by atoms with E-state index in [1.165, 1.54) is 6.07 Å². The zero-order valence-corrected chi connectivity index (χ0v) is 18.4. The monoisotopic (exact) mass is 447 g/mol. The molecule has 6 nitrogen and oxygen atoms in total. The Labute approximate surface area is 196 Å². The van der Waals surface area contributed by atoms with E-state index in [0.29, 0.717) is 22.6 Å². The van der Waals surface area contributed by atoms with Crippen LogP contribution in [0.5, 0.6) is 17.2 Å². The van der Waals surface area contributed by atoms with Gasteiger partial charge in [-0.3, -0.25) is 4.99 Å². The Bertz CT molecular complexity index is 1510. The lowest BCUT2D eigenvalue weighted by atomic mass is 9.82. The number of nitrogens with zero attached hydrogens (tertiary/aromatic N) is 2. The SMILES string of the molecule is COc1ccccc1C1C(C#N)=C(N)Oc2cc(O)c(C=Nc3cccc4ccccc34)cc21. The minimum absolute atomic E-state index is 0.00229. The van der Waals surface area contributed by atoms with Gasteiger partial charge in [-0.05, 0) is 23.6 Å². The highest BCUT2D eigenvalue weighted by molar-refractivity contribution is 5.96. The summed E-state index contributed by atoms with van der Waals surface area (Å²) >= 11 is 0. The van der Waals surface area contributed by atoms with E-state index in [1.54, 1.807) is 19.4 Å². The first-order valence-electron chi connectivity index (χ1n) is 10.7. The Morgan fingerprint density at radius 3 is 2.62 bits per heavy atom. The molecule has 0 bridgehead atoms. The summed E-state index contributed by atoms with van der Waals surface area (Å²) in [5, 5.41) is 22.7. The zero-order chi connectivity index (χ0) is 23.7. The fourth-order valence-corrected chi connectivity index (χ4v) is 4.30. The van der Waals surface area contributed by atoms with Crippen molar-refractivity contribution in [3.63, 3.8) is 0 Å². The van der Waals surface area contributed by atoms with Gasteiger partial charge in [0.15, 0.2) is 0 Å². The molecule has 0 saturated heterocycles. The average Bonchev–Trinajstić information content (AvgIpc) is 2.86. The van der Waals surface area contributed by atoms with Crippen molar-refractivity contribution < 1.29 is 14.6 Å². The molecule has 1 aliphatic rings. The lowest BCUT2D eigenvalue weighted by Crippen LogP contribution is -2.21. The number of benzene rings is 4. The fourth-order valence-electron chi connectivity index (χ4n) is 4.30. The van der Waals surface area contributed by atoms with Crippen LogP contribution in [-0.2, 0) is 0 Å². The molecule has 0 aromatic heterocycles. The van der Waals surface area contributed by atoms with Crippen molar-refractivity contribution in [1.82, 2.24) is 0 Å². The van der Waals surface area contributed by atoms with Crippen LogP contribution in [0.2, 0.25) is 0 Å². The third-order valence-electron chi connectivity index (χ3n) is 5.92. The maximum Gasteiger partial charge on any atom is 0.205 e. The first kappa shape index (κ1) is 21.1. The molecule has 6 heteroatoms. The third kappa shape index (κ3) is 3.59. The van der Waals surface area contributed by atoms with E-state index in [4.69, 9.17) is 15.2 Å². The Morgan fingerprint density at radius 1 is 1.03 bits per heavy atom. The summed E-state index contributed by atoms with van der Waals surface area (Å²) in [5.74, 6) is 0.486. The van der Waals surface area contributed by atoms with Crippen LogP contribution >= 0.6 is 0 Å². The molecule has 5 rings (SSSR count). The predicted molar refractivity (Wildman–Crippen MR) is 132 cm³/mol. The number of allylic oxidation sites excluding steroid dienone is 1. The fraction of sp³-hybridized carbons (Fsp3) is 0.0714. The molecule has 1 unspecified atom stereocenters. The van der Waals surface area contributed by atoms with E-state index in [-0.39, 0.29) is 17.2 Å². The van der Waals surface area contributed by atoms with Gasteiger partial charge in [0.2, 0.25) is 5.88 Å². The summed E-state index contributed by atoms with van der Waals surface area (Å²) in [7, 11) is 1.58.